The van der Waals surface area contributed by atoms with E-state index >= 15 is 0 Å². The Morgan fingerprint density at radius 2 is 1.87 bits per heavy atom. The average molecular weight is 205 g/mol. The molecule has 0 bridgehead atoms. The molecule has 1 N–H and O–H groups in total. The summed E-state index contributed by atoms with van der Waals surface area (Å²) in [5.41, 5.74) is 2.69. The lowest BCUT2D eigenvalue weighted by molar-refractivity contribution is 0.277. The summed E-state index contributed by atoms with van der Waals surface area (Å²) in [5, 5.41) is 1.37. The molecule has 1 aromatic heterocycles. The van der Waals surface area contributed by atoms with Crippen molar-refractivity contribution in [2.45, 2.75) is 19.8 Å². The first-order chi connectivity index (χ1) is 7.33. The molecule has 0 aliphatic rings. The number of methoxy groups -OCH3 is 1. The van der Waals surface area contributed by atoms with Crippen LogP contribution >= 0.6 is 0 Å². The number of aryl methyl sites for hydroxylation is 1. The molecule has 0 atom stereocenters. The van der Waals surface area contributed by atoms with E-state index in [1.807, 2.05) is 0 Å². The van der Waals surface area contributed by atoms with Crippen molar-refractivity contribution in [3.8, 4) is 0 Å². The van der Waals surface area contributed by atoms with Crippen LogP contribution in [0.1, 0.15) is 18.9 Å². The number of H-pyrrole nitrogens is 1. The molecule has 0 fully saturated rings. The van der Waals surface area contributed by atoms with Gasteiger partial charge in [-0.25, -0.2) is 0 Å². The molecule has 0 unspecified atom stereocenters. The van der Waals surface area contributed by atoms with Crippen molar-refractivity contribution in [1.29, 1.82) is 0 Å². The SMILES string of the molecule is CCCc1c[nH]c2ccccc12.COC. The molecule has 0 spiro atoms. The molecular weight excluding hydrogens is 186 g/mol. The molecule has 0 aliphatic carbocycles. The van der Waals surface area contributed by atoms with Crippen LogP contribution in [-0.2, 0) is 11.2 Å². The third kappa shape index (κ3) is 3.10. The van der Waals surface area contributed by atoms with Gasteiger partial charge in [-0.1, -0.05) is 31.5 Å². The Morgan fingerprint density at radius 3 is 2.53 bits per heavy atom. The van der Waals surface area contributed by atoms with Crippen LogP contribution in [0.3, 0.4) is 0 Å². The number of aromatic nitrogens is 1. The van der Waals surface area contributed by atoms with Crippen LogP contribution in [-0.4, -0.2) is 19.2 Å². The number of ether oxygens (including phenoxy) is 1. The van der Waals surface area contributed by atoms with Crippen LogP contribution in [0.2, 0.25) is 0 Å². The molecule has 2 nitrogen and oxygen atoms in total. The van der Waals surface area contributed by atoms with Crippen LogP contribution in [0.4, 0.5) is 0 Å². The molecule has 82 valence electrons. The maximum absolute atomic E-state index is 4.25. The van der Waals surface area contributed by atoms with Crippen LogP contribution < -0.4 is 0 Å². The van der Waals surface area contributed by atoms with E-state index in [2.05, 4.69) is 47.1 Å². The number of para-hydroxylation sites is 1. The van der Waals surface area contributed by atoms with Crippen LogP contribution in [0.25, 0.3) is 10.9 Å². The van der Waals surface area contributed by atoms with Gasteiger partial charge in [0.15, 0.2) is 0 Å². The molecule has 0 saturated heterocycles. The monoisotopic (exact) mass is 205 g/mol. The van der Waals surface area contributed by atoms with Crippen LogP contribution in [0, 0.1) is 0 Å². The van der Waals surface area contributed by atoms with Gasteiger partial charge < -0.3 is 9.72 Å². The maximum atomic E-state index is 4.25. The molecule has 0 aliphatic heterocycles. The third-order valence-electron chi connectivity index (χ3n) is 2.19. The van der Waals surface area contributed by atoms with Crippen molar-refractivity contribution in [3.63, 3.8) is 0 Å². The van der Waals surface area contributed by atoms with Gasteiger partial charge in [-0.2, -0.15) is 0 Å². The number of fused-ring (bicyclic) bond motifs is 1. The van der Waals surface area contributed by atoms with E-state index in [-0.39, 0.29) is 0 Å². The first kappa shape index (κ1) is 11.8. The lowest BCUT2D eigenvalue weighted by Crippen LogP contribution is -1.77. The van der Waals surface area contributed by atoms with Gasteiger partial charge in [0.05, 0.1) is 0 Å². The van der Waals surface area contributed by atoms with E-state index in [9.17, 15) is 0 Å². The molecule has 2 aromatic rings. The molecule has 0 saturated carbocycles. The zero-order chi connectivity index (χ0) is 11.1. The predicted octanol–water partition coefficient (Wildman–Crippen LogP) is 3.38. The van der Waals surface area contributed by atoms with Gasteiger partial charge in [0.25, 0.3) is 0 Å². The van der Waals surface area contributed by atoms with Gasteiger partial charge in [-0.3, -0.25) is 0 Å². The highest BCUT2D eigenvalue weighted by atomic mass is 16.4. The van der Waals surface area contributed by atoms with Gasteiger partial charge in [0, 0.05) is 31.3 Å². The second-order valence-corrected chi connectivity index (χ2v) is 3.52. The van der Waals surface area contributed by atoms with Gasteiger partial charge in [-0.05, 0) is 18.1 Å². The maximum Gasteiger partial charge on any atom is 0.0456 e. The summed E-state index contributed by atoms with van der Waals surface area (Å²) >= 11 is 0. The Morgan fingerprint density at radius 1 is 1.20 bits per heavy atom. The predicted molar refractivity (Wildman–Crippen MR) is 65.2 cm³/mol. The van der Waals surface area contributed by atoms with Crippen molar-refractivity contribution in [2.24, 2.45) is 0 Å². The zero-order valence-corrected chi connectivity index (χ0v) is 9.71. The average Bonchev–Trinajstić information content (AvgIpc) is 2.64. The van der Waals surface area contributed by atoms with Crippen molar-refractivity contribution < 1.29 is 4.74 Å². The Labute approximate surface area is 91.3 Å². The van der Waals surface area contributed by atoms with E-state index in [1.54, 1.807) is 14.2 Å². The van der Waals surface area contributed by atoms with Crippen LogP contribution in [0.15, 0.2) is 30.5 Å². The van der Waals surface area contributed by atoms with Crippen LogP contribution in [0.5, 0.6) is 0 Å². The largest absolute Gasteiger partial charge is 0.388 e. The lowest BCUT2D eigenvalue weighted by Gasteiger charge is -1.93. The van der Waals surface area contributed by atoms with E-state index in [1.165, 1.54) is 29.3 Å². The normalized spacial score (nSPS) is 9.80. The second kappa shape index (κ2) is 6.25. The summed E-state index contributed by atoms with van der Waals surface area (Å²) in [6.07, 6.45) is 4.50. The number of hydrogen-bond donors (Lipinski definition) is 1. The van der Waals surface area contributed by atoms with Gasteiger partial charge in [0.2, 0.25) is 0 Å². The molecule has 0 amide bonds. The van der Waals surface area contributed by atoms with Crippen molar-refractivity contribution in [1.82, 2.24) is 4.98 Å². The number of rotatable bonds is 2. The summed E-state index contributed by atoms with van der Waals surface area (Å²) in [5.74, 6) is 0. The van der Waals surface area contributed by atoms with Crippen molar-refractivity contribution in [2.75, 3.05) is 14.2 Å². The molecule has 2 heteroatoms. The van der Waals surface area contributed by atoms with E-state index in [0.717, 1.165) is 0 Å². The lowest BCUT2D eigenvalue weighted by atomic mass is 10.1. The van der Waals surface area contributed by atoms with E-state index in [4.69, 9.17) is 0 Å². The highest BCUT2D eigenvalue weighted by Crippen LogP contribution is 2.18. The van der Waals surface area contributed by atoms with E-state index in [0.29, 0.717) is 0 Å². The van der Waals surface area contributed by atoms with Crippen molar-refractivity contribution in [3.05, 3.63) is 36.0 Å². The first-order valence-electron chi connectivity index (χ1n) is 5.28. The zero-order valence-electron chi connectivity index (χ0n) is 9.71. The standard InChI is InChI=1S/C11H13N.C2H6O/c1-2-5-9-8-12-11-7-4-3-6-10(9)11;1-3-2/h3-4,6-8,12H,2,5H2,1H3;1-2H3. The molecular formula is C13H19NO. The molecule has 15 heavy (non-hydrogen) atoms. The smallest absolute Gasteiger partial charge is 0.0456 e. The third-order valence-corrected chi connectivity index (χ3v) is 2.19. The minimum Gasteiger partial charge on any atom is -0.388 e. The van der Waals surface area contributed by atoms with Gasteiger partial charge in [-0.15, -0.1) is 0 Å². The number of aromatic amines is 1. The second-order valence-electron chi connectivity index (χ2n) is 3.52. The fourth-order valence-corrected chi connectivity index (χ4v) is 1.61. The molecule has 1 heterocycles. The summed E-state index contributed by atoms with van der Waals surface area (Å²) in [6, 6.07) is 8.45. The minimum absolute atomic E-state index is 1.17. The summed E-state index contributed by atoms with van der Waals surface area (Å²) in [4.78, 5) is 3.27. The quantitative estimate of drug-likeness (QED) is 0.798. The van der Waals surface area contributed by atoms with E-state index < -0.39 is 0 Å². The number of hydrogen-bond acceptors (Lipinski definition) is 1. The number of nitrogens with one attached hydrogen (secondary N) is 1. The molecule has 2 rings (SSSR count). The number of benzene rings is 1. The Balaban J connectivity index is 0.000000337. The Bertz CT molecular complexity index is 392. The van der Waals surface area contributed by atoms with Gasteiger partial charge >= 0.3 is 0 Å². The highest BCUT2D eigenvalue weighted by Gasteiger charge is 1.99. The Hall–Kier alpha value is -1.28. The molecule has 0 radical (unpaired) electrons. The first-order valence-corrected chi connectivity index (χ1v) is 5.28. The van der Waals surface area contributed by atoms with Gasteiger partial charge in [0.1, 0.15) is 0 Å². The summed E-state index contributed by atoms with van der Waals surface area (Å²) < 4.78 is 4.25. The fourth-order valence-electron chi connectivity index (χ4n) is 1.61. The fraction of sp³-hybridized carbons (Fsp3) is 0.385. The minimum atomic E-state index is 1.17. The van der Waals surface area contributed by atoms with Crippen molar-refractivity contribution >= 4 is 10.9 Å². The highest BCUT2D eigenvalue weighted by molar-refractivity contribution is 5.82. The summed E-state index contributed by atoms with van der Waals surface area (Å²) in [7, 11) is 3.25. The topological polar surface area (TPSA) is 25.0 Å². The summed E-state index contributed by atoms with van der Waals surface area (Å²) in [6.45, 7) is 2.21. The molecule has 1 aromatic carbocycles. The Kier molecular flexibility index (Phi) is 4.91.